The lowest BCUT2D eigenvalue weighted by atomic mass is 9.94. The number of piperidine rings is 1. The number of carbonyl (C=O) groups is 1. The summed E-state index contributed by atoms with van der Waals surface area (Å²) in [6.45, 7) is 5.79. The summed E-state index contributed by atoms with van der Waals surface area (Å²) in [6.07, 6.45) is 6.36. The third-order valence-corrected chi connectivity index (χ3v) is 3.95. The molecule has 0 spiro atoms. The Morgan fingerprint density at radius 2 is 1.88 bits per heavy atom. The molecule has 0 atom stereocenters. The van der Waals surface area contributed by atoms with Crippen molar-refractivity contribution in [3.8, 4) is 0 Å². The summed E-state index contributed by atoms with van der Waals surface area (Å²) in [5.74, 6) is 2.01. The standard InChI is InChI=1S/C13H24N2O/c1-2-11-5-7-15(8-6-11)13(16)10-14-9-12-3-4-12/h11-12,14H,2-10H2,1H3. The number of likely N-dealkylation sites (tertiary alicyclic amines) is 1. The topological polar surface area (TPSA) is 32.3 Å². The van der Waals surface area contributed by atoms with Crippen LogP contribution in [0.4, 0.5) is 0 Å². The smallest absolute Gasteiger partial charge is 0.236 e. The van der Waals surface area contributed by atoms with Crippen LogP contribution in [0.5, 0.6) is 0 Å². The van der Waals surface area contributed by atoms with Gasteiger partial charge in [0.2, 0.25) is 5.91 Å². The van der Waals surface area contributed by atoms with Gasteiger partial charge in [0, 0.05) is 13.1 Å². The zero-order chi connectivity index (χ0) is 11.4. The van der Waals surface area contributed by atoms with Crippen molar-refractivity contribution in [2.75, 3.05) is 26.2 Å². The number of hydrogen-bond donors (Lipinski definition) is 1. The van der Waals surface area contributed by atoms with E-state index in [1.54, 1.807) is 0 Å². The minimum atomic E-state index is 0.301. The Kier molecular flexibility index (Phi) is 4.22. The van der Waals surface area contributed by atoms with Gasteiger partial charge in [0.1, 0.15) is 0 Å². The maximum Gasteiger partial charge on any atom is 0.236 e. The van der Waals surface area contributed by atoms with Crippen molar-refractivity contribution in [2.45, 2.75) is 39.0 Å². The lowest BCUT2D eigenvalue weighted by molar-refractivity contribution is -0.131. The van der Waals surface area contributed by atoms with Gasteiger partial charge in [-0.25, -0.2) is 0 Å². The molecular weight excluding hydrogens is 200 g/mol. The molecule has 2 rings (SSSR count). The first-order valence-electron chi connectivity index (χ1n) is 6.78. The van der Waals surface area contributed by atoms with Gasteiger partial charge in [-0.05, 0) is 44.1 Å². The number of carbonyl (C=O) groups excluding carboxylic acids is 1. The monoisotopic (exact) mass is 224 g/mol. The van der Waals surface area contributed by atoms with Gasteiger partial charge in [-0.1, -0.05) is 13.3 Å². The van der Waals surface area contributed by atoms with Gasteiger partial charge in [0.25, 0.3) is 0 Å². The van der Waals surface area contributed by atoms with Crippen LogP contribution in [-0.2, 0) is 4.79 Å². The predicted molar refractivity (Wildman–Crippen MR) is 65.2 cm³/mol. The highest BCUT2D eigenvalue weighted by molar-refractivity contribution is 5.78. The zero-order valence-electron chi connectivity index (χ0n) is 10.4. The first-order valence-corrected chi connectivity index (χ1v) is 6.78. The fourth-order valence-corrected chi connectivity index (χ4v) is 2.41. The van der Waals surface area contributed by atoms with Gasteiger partial charge >= 0.3 is 0 Å². The molecule has 1 amide bonds. The molecule has 1 aliphatic heterocycles. The van der Waals surface area contributed by atoms with E-state index in [0.717, 1.165) is 31.5 Å². The molecule has 3 heteroatoms. The van der Waals surface area contributed by atoms with Crippen LogP contribution in [-0.4, -0.2) is 37.0 Å². The maximum atomic E-state index is 11.9. The van der Waals surface area contributed by atoms with E-state index in [4.69, 9.17) is 0 Å². The van der Waals surface area contributed by atoms with Crippen molar-refractivity contribution in [3.63, 3.8) is 0 Å². The van der Waals surface area contributed by atoms with Crippen LogP contribution in [0, 0.1) is 11.8 Å². The van der Waals surface area contributed by atoms with E-state index in [0.29, 0.717) is 12.5 Å². The molecular formula is C13H24N2O. The number of rotatable bonds is 5. The number of nitrogens with one attached hydrogen (secondary N) is 1. The number of amides is 1. The summed E-state index contributed by atoms with van der Waals surface area (Å²) in [4.78, 5) is 13.9. The molecule has 0 bridgehead atoms. The molecule has 1 saturated carbocycles. The zero-order valence-corrected chi connectivity index (χ0v) is 10.4. The molecule has 1 heterocycles. The summed E-state index contributed by atoms with van der Waals surface area (Å²) >= 11 is 0. The first kappa shape index (κ1) is 11.9. The van der Waals surface area contributed by atoms with Gasteiger partial charge in [-0.15, -0.1) is 0 Å². The van der Waals surface area contributed by atoms with Crippen molar-refractivity contribution in [1.29, 1.82) is 0 Å². The van der Waals surface area contributed by atoms with E-state index >= 15 is 0 Å². The number of hydrogen-bond acceptors (Lipinski definition) is 2. The number of nitrogens with zero attached hydrogens (tertiary/aromatic N) is 1. The summed E-state index contributed by atoms with van der Waals surface area (Å²) in [7, 11) is 0. The Balaban J connectivity index is 1.61. The van der Waals surface area contributed by atoms with Crippen molar-refractivity contribution < 1.29 is 4.79 Å². The quantitative estimate of drug-likeness (QED) is 0.770. The molecule has 0 unspecified atom stereocenters. The van der Waals surface area contributed by atoms with E-state index in [1.165, 1.54) is 32.1 Å². The molecule has 0 aromatic heterocycles. The van der Waals surface area contributed by atoms with Crippen LogP contribution in [0.3, 0.4) is 0 Å². The Labute approximate surface area is 98.6 Å². The highest BCUT2D eigenvalue weighted by atomic mass is 16.2. The molecule has 92 valence electrons. The van der Waals surface area contributed by atoms with E-state index in [1.807, 2.05) is 4.90 Å². The molecule has 3 nitrogen and oxygen atoms in total. The third-order valence-electron chi connectivity index (χ3n) is 3.95. The van der Waals surface area contributed by atoms with Crippen LogP contribution >= 0.6 is 0 Å². The van der Waals surface area contributed by atoms with Crippen LogP contribution in [0.2, 0.25) is 0 Å². The van der Waals surface area contributed by atoms with Crippen molar-refractivity contribution in [2.24, 2.45) is 11.8 Å². The third kappa shape index (κ3) is 3.48. The van der Waals surface area contributed by atoms with Crippen molar-refractivity contribution in [3.05, 3.63) is 0 Å². The predicted octanol–water partition coefficient (Wildman–Crippen LogP) is 1.63. The molecule has 0 aromatic rings. The van der Waals surface area contributed by atoms with Crippen LogP contribution < -0.4 is 5.32 Å². The largest absolute Gasteiger partial charge is 0.342 e. The first-order chi connectivity index (χ1) is 7.79. The summed E-state index contributed by atoms with van der Waals surface area (Å²) < 4.78 is 0. The second kappa shape index (κ2) is 5.67. The molecule has 2 fully saturated rings. The minimum absolute atomic E-state index is 0.301. The van der Waals surface area contributed by atoms with Gasteiger partial charge in [-0.2, -0.15) is 0 Å². The fourth-order valence-electron chi connectivity index (χ4n) is 2.41. The van der Waals surface area contributed by atoms with Crippen LogP contribution in [0.25, 0.3) is 0 Å². The minimum Gasteiger partial charge on any atom is -0.342 e. The van der Waals surface area contributed by atoms with Gasteiger partial charge < -0.3 is 10.2 Å². The van der Waals surface area contributed by atoms with Crippen LogP contribution in [0.1, 0.15) is 39.0 Å². The molecule has 1 saturated heterocycles. The van der Waals surface area contributed by atoms with Crippen molar-refractivity contribution in [1.82, 2.24) is 10.2 Å². The normalized spacial score (nSPS) is 22.4. The Morgan fingerprint density at radius 3 is 2.44 bits per heavy atom. The highest BCUT2D eigenvalue weighted by Gasteiger charge is 2.23. The van der Waals surface area contributed by atoms with E-state index in [9.17, 15) is 4.79 Å². The average molecular weight is 224 g/mol. The molecule has 16 heavy (non-hydrogen) atoms. The van der Waals surface area contributed by atoms with Gasteiger partial charge in [0.15, 0.2) is 0 Å². The Bertz CT molecular complexity index is 230. The molecule has 0 radical (unpaired) electrons. The lowest BCUT2D eigenvalue weighted by Gasteiger charge is -2.31. The molecule has 1 N–H and O–H groups in total. The van der Waals surface area contributed by atoms with E-state index < -0.39 is 0 Å². The summed E-state index contributed by atoms with van der Waals surface area (Å²) in [6, 6.07) is 0. The van der Waals surface area contributed by atoms with Gasteiger partial charge in [0.05, 0.1) is 6.54 Å². The molecule has 1 aliphatic carbocycles. The van der Waals surface area contributed by atoms with Crippen molar-refractivity contribution >= 4 is 5.91 Å². The van der Waals surface area contributed by atoms with E-state index in [2.05, 4.69) is 12.2 Å². The maximum absolute atomic E-state index is 11.9. The molecule has 0 aromatic carbocycles. The molecule has 2 aliphatic rings. The lowest BCUT2D eigenvalue weighted by Crippen LogP contribution is -2.43. The van der Waals surface area contributed by atoms with E-state index in [-0.39, 0.29) is 0 Å². The highest BCUT2D eigenvalue weighted by Crippen LogP contribution is 2.27. The Morgan fingerprint density at radius 1 is 1.19 bits per heavy atom. The fraction of sp³-hybridized carbons (Fsp3) is 0.923. The van der Waals surface area contributed by atoms with Crippen LogP contribution in [0.15, 0.2) is 0 Å². The Hall–Kier alpha value is -0.570. The SMILES string of the molecule is CCC1CCN(C(=O)CNCC2CC2)CC1. The average Bonchev–Trinajstić information content (AvgIpc) is 3.13. The second-order valence-corrected chi connectivity index (χ2v) is 5.31. The summed E-state index contributed by atoms with van der Waals surface area (Å²) in [5, 5.41) is 3.28. The second-order valence-electron chi connectivity index (χ2n) is 5.31. The van der Waals surface area contributed by atoms with Gasteiger partial charge in [-0.3, -0.25) is 4.79 Å². The summed E-state index contributed by atoms with van der Waals surface area (Å²) in [5.41, 5.74) is 0.